The quantitative estimate of drug-likeness (QED) is 0.581. The second-order valence-electron chi connectivity index (χ2n) is 2.26. The Morgan fingerprint density at radius 3 is 2.67 bits per heavy atom. The molecule has 1 aromatic rings. The smallest absolute Gasteiger partial charge is 0.0545 e. The van der Waals surface area contributed by atoms with E-state index < -0.39 is 0 Å². The zero-order valence-corrected chi connectivity index (χ0v) is 5.68. The molecule has 0 bridgehead atoms. The molecule has 0 aliphatic heterocycles. The van der Waals surface area contributed by atoms with E-state index in [1.807, 2.05) is 13.8 Å². The largest absolute Gasteiger partial charge is 0.323 e. The van der Waals surface area contributed by atoms with E-state index in [2.05, 4.69) is 10.2 Å². The normalized spacial score (nSPS) is 13.7. The molecule has 9 heavy (non-hydrogen) atoms. The van der Waals surface area contributed by atoms with E-state index in [0.29, 0.717) is 0 Å². The fraction of sp³-hybridized carbons (Fsp3) is 0.500. The van der Waals surface area contributed by atoms with Gasteiger partial charge in [0.1, 0.15) is 0 Å². The van der Waals surface area contributed by atoms with Crippen LogP contribution in [0.5, 0.6) is 0 Å². The lowest BCUT2D eigenvalue weighted by molar-refractivity contribution is 0.766. The average Bonchev–Trinajstić information content (AvgIpc) is 2.13. The minimum Gasteiger partial charge on any atom is -0.323 e. The van der Waals surface area contributed by atoms with Crippen LogP contribution in [0.4, 0.5) is 0 Å². The Balaban J connectivity index is 2.94. The van der Waals surface area contributed by atoms with Crippen molar-refractivity contribution in [1.29, 1.82) is 0 Å². The first-order valence-electron chi connectivity index (χ1n) is 2.97. The molecular weight excluding hydrogens is 114 g/mol. The summed E-state index contributed by atoms with van der Waals surface area (Å²) >= 11 is 0. The summed E-state index contributed by atoms with van der Waals surface area (Å²) < 4.78 is 0. The maximum Gasteiger partial charge on any atom is 0.0545 e. The molecule has 0 saturated carbocycles. The van der Waals surface area contributed by atoms with Crippen molar-refractivity contribution >= 4 is 0 Å². The van der Waals surface area contributed by atoms with Gasteiger partial charge in [-0.15, -0.1) is 0 Å². The van der Waals surface area contributed by atoms with Gasteiger partial charge in [0, 0.05) is 6.04 Å². The zero-order valence-electron chi connectivity index (χ0n) is 5.68. The van der Waals surface area contributed by atoms with Crippen LogP contribution in [0.25, 0.3) is 0 Å². The molecule has 1 atom stereocenters. The van der Waals surface area contributed by atoms with Crippen molar-refractivity contribution in [1.82, 2.24) is 10.2 Å². The summed E-state index contributed by atoms with van der Waals surface area (Å²) in [5, 5.41) is 6.67. The summed E-state index contributed by atoms with van der Waals surface area (Å²) in [5.74, 6) is 0. The lowest BCUT2D eigenvalue weighted by atomic mass is 10.2. The first-order valence-corrected chi connectivity index (χ1v) is 2.97. The lowest BCUT2D eigenvalue weighted by Crippen LogP contribution is -2.06. The van der Waals surface area contributed by atoms with E-state index in [1.54, 1.807) is 6.20 Å². The van der Waals surface area contributed by atoms with Crippen molar-refractivity contribution in [2.45, 2.75) is 19.9 Å². The van der Waals surface area contributed by atoms with Gasteiger partial charge in [-0.25, -0.2) is 0 Å². The fourth-order valence-electron chi connectivity index (χ4n) is 0.817. The summed E-state index contributed by atoms with van der Waals surface area (Å²) in [6.45, 7) is 3.92. The van der Waals surface area contributed by atoms with Gasteiger partial charge in [-0.3, -0.25) is 5.10 Å². The predicted octanol–water partition coefficient (Wildman–Crippen LogP) is 0.738. The van der Waals surface area contributed by atoms with Crippen molar-refractivity contribution in [3.8, 4) is 0 Å². The van der Waals surface area contributed by atoms with Crippen LogP contribution in [-0.2, 0) is 0 Å². The van der Waals surface area contributed by atoms with Gasteiger partial charge < -0.3 is 5.73 Å². The molecule has 50 valence electrons. The number of hydrogen-bond acceptors (Lipinski definition) is 2. The molecule has 0 saturated heterocycles. The second kappa shape index (κ2) is 2.19. The van der Waals surface area contributed by atoms with Crippen LogP contribution < -0.4 is 5.73 Å². The third-order valence-electron chi connectivity index (χ3n) is 1.32. The van der Waals surface area contributed by atoms with Crippen molar-refractivity contribution < 1.29 is 0 Å². The molecule has 3 N–H and O–H groups in total. The molecule has 0 aromatic carbocycles. The number of aromatic nitrogens is 2. The monoisotopic (exact) mass is 125 g/mol. The van der Waals surface area contributed by atoms with E-state index in [0.717, 1.165) is 11.3 Å². The molecule has 0 aliphatic carbocycles. The highest BCUT2D eigenvalue weighted by Gasteiger charge is 2.02. The highest BCUT2D eigenvalue weighted by molar-refractivity contribution is 5.16. The lowest BCUT2D eigenvalue weighted by Gasteiger charge is -2.00. The van der Waals surface area contributed by atoms with Crippen molar-refractivity contribution in [2.75, 3.05) is 0 Å². The summed E-state index contributed by atoms with van der Waals surface area (Å²) in [5.41, 5.74) is 7.74. The van der Waals surface area contributed by atoms with Crippen LogP contribution in [0.15, 0.2) is 6.20 Å². The maximum absolute atomic E-state index is 5.59. The van der Waals surface area contributed by atoms with Crippen LogP contribution in [0.1, 0.15) is 24.2 Å². The van der Waals surface area contributed by atoms with E-state index in [4.69, 9.17) is 5.73 Å². The zero-order chi connectivity index (χ0) is 6.85. The van der Waals surface area contributed by atoms with Gasteiger partial charge in [-0.1, -0.05) is 0 Å². The summed E-state index contributed by atoms with van der Waals surface area (Å²) in [6, 6.07) is 0.0625. The van der Waals surface area contributed by atoms with Crippen LogP contribution in [-0.4, -0.2) is 10.2 Å². The SMILES string of the molecule is Cc1cn[nH]c1C(C)N. The molecule has 0 spiro atoms. The Morgan fingerprint density at radius 1 is 1.78 bits per heavy atom. The van der Waals surface area contributed by atoms with Gasteiger partial charge in [-0.05, 0) is 19.4 Å². The van der Waals surface area contributed by atoms with Crippen LogP contribution in [0, 0.1) is 6.92 Å². The van der Waals surface area contributed by atoms with Crippen LogP contribution in [0.2, 0.25) is 0 Å². The first-order chi connectivity index (χ1) is 4.22. The molecule has 0 aliphatic rings. The number of nitrogens with two attached hydrogens (primary N) is 1. The van der Waals surface area contributed by atoms with Crippen LogP contribution >= 0.6 is 0 Å². The van der Waals surface area contributed by atoms with E-state index in [1.165, 1.54) is 0 Å². The molecule has 3 heteroatoms. The Hall–Kier alpha value is -0.830. The van der Waals surface area contributed by atoms with Gasteiger partial charge in [0.05, 0.1) is 11.9 Å². The van der Waals surface area contributed by atoms with Crippen molar-refractivity contribution in [3.63, 3.8) is 0 Å². The molecule has 1 aromatic heterocycles. The molecule has 3 nitrogen and oxygen atoms in total. The molecule has 0 radical (unpaired) electrons. The van der Waals surface area contributed by atoms with E-state index >= 15 is 0 Å². The van der Waals surface area contributed by atoms with Gasteiger partial charge >= 0.3 is 0 Å². The Kier molecular flexibility index (Phi) is 1.53. The highest BCUT2D eigenvalue weighted by atomic mass is 15.1. The topological polar surface area (TPSA) is 54.7 Å². The molecule has 0 fully saturated rings. The second-order valence-corrected chi connectivity index (χ2v) is 2.26. The van der Waals surface area contributed by atoms with Gasteiger partial charge in [-0.2, -0.15) is 5.10 Å². The Bertz CT molecular complexity index is 190. The molecular formula is C6H11N3. The van der Waals surface area contributed by atoms with Crippen molar-refractivity contribution in [2.24, 2.45) is 5.73 Å². The molecule has 1 unspecified atom stereocenters. The standard InChI is InChI=1S/C6H11N3/c1-4-3-8-9-6(4)5(2)7/h3,5H,7H2,1-2H3,(H,8,9). The van der Waals surface area contributed by atoms with Gasteiger partial charge in [0.2, 0.25) is 0 Å². The number of nitrogens with one attached hydrogen (secondary N) is 1. The number of nitrogens with zero attached hydrogens (tertiary/aromatic N) is 1. The third kappa shape index (κ3) is 1.10. The highest BCUT2D eigenvalue weighted by Crippen LogP contribution is 2.09. The summed E-state index contributed by atoms with van der Waals surface area (Å²) in [6.07, 6.45) is 1.78. The van der Waals surface area contributed by atoms with E-state index in [-0.39, 0.29) is 6.04 Å². The molecule has 0 amide bonds. The Labute approximate surface area is 54.3 Å². The minimum atomic E-state index is 0.0625. The number of H-pyrrole nitrogens is 1. The van der Waals surface area contributed by atoms with Crippen molar-refractivity contribution in [3.05, 3.63) is 17.5 Å². The van der Waals surface area contributed by atoms with Crippen LogP contribution in [0.3, 0.4) is 0 Å². The number of hydrogen-bond donors (Lipinski definition) is 2. The predicted molar refractivity (Wildman–Crippen MR) is 35.9 cm³/mol. The van der Waals surface area contributed by atoms with Gasteiger partial charge in [0.25, 0.3) is 0 Å². The Morgan fingerprint density at radius 2 is 2.44 bits per heavy atom. The summed E-state index contributed by atoms with van der Waals surface area (Å²) in [4.78, 5) is 0. The maximum atomic E-state index is 5.59. The third-order valence-corrected chi connectivity index (χ3v) is 1.32. The number of aryl methyl sites for hydroxylation is 1. The summed E-state index contributed by atoms with van der Waals surface area (Å²) in [7, 11) is 0. The van der Waals surface area contributed by atoms with Gasteiger partial charge in [0.15, 0.2) is 0 Å². The minimum absolute atomic E-state index is 0.0625. The molecule has 1 heterocycles. The molecule has 1 rings (SSSR count). The number of rotatable bonds is 1. The fourth-order valence-corrected chi connectivity index (χ4v) is 0.817. The number of aromatic amines is 1. The average molecular weight is 125 g/mol. The van der Waals surface area contributed by atoms with E-state index in [9.17, 15) is 0 Å². The first kappa shape index (κ1) is 6.29.